The molecule has 12 aromatic rings. The summed E-state index contributed by atoms with van der Waals surface area (Å²) in [7, 11) is 0. The second-order valence-corrected chi connectivity index (χ2v) is 15.3. The second-order valence-electron chi connectivity index (χ2n) is 15.3. The van der Waals surface area contributed by atoms with Crippen molar-refractivity contribution in [2.45, 2.75) is 0 Å². The zero-order valence-corrected chi connectivity index (χ0v) is 32.1. The monoisotopic (exact) mass is 752 g/mol. The predicted molar refractivity (Wildman–Crippen MR) is 249 cm³/mol. The first-order valence-electron chi connectivity index (χ1n) is 20.2. The highest BCUT2D eigenvalue weighted by Gasteiger charge is 2.22. The predicted octanol–water partition coefficient (Wildman–Crippen LogP) is 15.8. The normalized spacial score (nSPS) is 11.7. The minimum absolute atomic E-state index is 0.878. The molecule has 0 unspecified atom stereocenters. The average molecular weight is 753 g/mol. The zero-order chi connectivity index (χ0) is 38.9. The van der Waals surface area contributed by atoms with E-state index in [1.807, 2.05) is 6.07 Å². The molecule has 0 radical (unpaired) electrons. The summed E-state index contributed by atoms with van der Waals surface area (Å²) >= 11 is 0. The minimum Gasteiger partial charge on any atom is -0.456 e. The van der Waals surface area contributed by atoms with Crippen molar-refractivity contribution in [3.8, 4) is 27.9 Å². The molecule has 2 heterocycles. The van der Waals surface area contributed by atoms with E-state index in [9.17, 15) is 0 Å². The van der Waals surface area contributed by atoms with Crippen LogP contribution in [0.4, 0.5) is 17.1 Å². The van der Waals surface area contributed by atoms with E-state index in [-0.39, 0.29) is 0 Å². The van der Waals surface area contributed by atoms with Crippen molar-refractivity contribution in [2.24, 2.45) is 0 Å². The molecular formula is C56H36N2O. The van der Waals surface area contributed by atoms with E-state index in [2.05, 4.69) is 222 Å². The first-order valence-corrected chi connectivity index (χ1v) is 20.2. The number of fused-ring (bicyclic) bond motifs is 9. The molecule has 0 saturated carbocycles. The number of rotatable bonds is 6. The Bertz CT molecular complexity index is 3540. The van der Waals surface area contributed by atoms with Crippen molar-refractivity contribution < 1.29 is 4.42 Å². The highest BCUT2D eigenvalue weighted by Crippen LogP contribution is 2.46. The van der Waals surface area contributed by atoms with Gasteiger partial charge in [0.1, 0.15) is 11.2 Å². The lowest BCUT2D eigenvalue weighted by atomic mass is 9.93. The van der Waals surface area contributed by atoms with Crippen LogP contribution in [0.5, 0.6) is 0 Å². The standard InChI is InChI=1S/C56H36N2O/c1-2-21-42-38(16-1)35-50(44-23-4-3-22-43(42)44)37-17-13-18-39(34-37)57(40-19-14-20-41(36-40)58-52-30-10-5-24-45(52)46-25-6-11-31-53(46)58)51-29-9-7-26-47(51)48-28-15-33-55-56(48)49-27-8-12-32-54(49)59-55/h1-36H. The number of hydrogen-bond donors (Lipinski definition) is 0. The van der Waals surface area contributed by atoms with Crippen LogP contribution in [0.3, 0.4) is 0 Å². The van der Waals surface area contributed by atoms with Crippen molar-refractivity contribution in [1.29, 1.82) is 0 Å². The van der Waals surface area contributed by atoms with Crippen LogP contribution in [-0.4, -0.2) is 4.57 Å². The number of aromatic nitrogens is 1. The molecule has 0 amide bonds. The third-order valence-corrected chi connectivity index (χ3v) is 11.9. The van der Waals surface area contributed by atoms with Crippen LogP contribution in [0.1, 0.15) is 0 Å². The highest BCUT2D eigenvalue weighted by atomic mass is 16.3. The fourth-order valence-electron chi connectivity index (χ4n) is 9.40. The average Bonchev–Trinajstić information content (AvgIpc) is 3.86. The molecule has 2 aromatic heterocycles. The molecule has 0 fully saturated rings. The van der Waals surface area contributed by atoms with Gasteiger partial charge in [0.05, 0.1) is 16.7 Å². The summed E-state index contributed by atoms with van der Waals surface area (Å²) in [5.41, 5.74) is 13.0. The number of anilines is 3. The third kappa shape index (κ3) is 5.29. The van der Waals surface area contributed by atoms with Gasteiger partial charge in [0.15, 0.2) is 0 Å². The summed E-state index contributed by atoms with van der Waals surface area (Å²) < 4.78 is 8.82. The largest absolute Gasteiger partial charge is 0.456 e. The smallest absolute Gasteiger partial charge is 0.136 e. The maximum atomic E-state index is 6.43. The number of hydrogen-bond acceptors (Lipinski definition) is 2. The van der Waals surface area contributed by atoms with Gasteiger partial charge in [-0.3, -0.25) is 0 Å². The number of para-hydroxylation sites is 4. The number of benzene rings is 10. The van der Waals surface area contributed by atoms with Crippen molar-refractivity contribution in [3.63, 3.8) is 0 Å². The molecule has 0 N–H and O–H groups in total. The van der Waals surface area contributed by atoms with Gasteiger partial charge in [0.25, 0.3) is 0 Å². The third-order valence-electron chi connectivity index (χ3n) is 11.9. The Morgan fingerprint density at radius 2 is 0.932 bits per heavy atom. The SMILES string of the molecule is c1cc(-c2cc3ccccc3c3ccccc23)cc(N(c2cccc(-n3c4ccccc4c4ccccc43)c2)c2ccccc2-c2cccc3oc4ccccc4c23)c1. The lowest BCUT2D eigenvalue weighted by Gasteiger charge is -2.29. The van der Waals surface area contributed by atoms with Crippen LogP contribution in [0.15, 0.2) is 223 Å². The molecule has 12 rings (SSSR count). The van der Waals surface area contributed by atoms with Crippen molar-refractivity contribution in [3.05, 3.63) is 218 Å². The van der Waals surface area contributed by atoms with Crippen molar-refractivity contribution >= 4 is 82.4 Å². The molecule has 0 aliphatic rings. The molecule has 3 nitrogen and oxygen atoms in total. The number of nitrogens with zero attached hydrogens (tertiary/aromatic N) is 2. The molecule has 3 heteroatoms. The first kappa shape index (κ1) is 33.3. The van der Waals surface area contributed by atoms with Gasteiger partial charge >= 0.3 is 0 Å². The van der Waals surface area contributed by atoms with Crippen LogP contribution < -0.4 is 4.90 Å². The summed E-state index contributed by atoms with van der Waals surface area (Å²) in [5, 5.41) is 9.70. The molecule has 0 saturated heterocycles. The van der Waals surface area contributed by atoms with Crippen LogP contribution in [0.2, 0.25) is 0 Å². The van der Waals surface area contributed by atoms with Crippen LogP contribution in [-0.2, 0) is 0 Å². The molecule has 0 aliphatic carbocycles. The van der Waals surface area contributed by atoms with Gasteiger partial charge in [-0.2, -0.15) is 0 Å². The zero-order valence-electron chi connectivity index (χ0n) is 32.1. The summed E-state index contributed by atoms with van der Waals surface area (Å²) in [6, 6.07) is 78.8. The van der Waals surface area contributed by atoms with E-state index in [0.29, 0.717) is 0 Å². The minimum atomic E-state index is 0.878. The van der Waals surface area contributed by atoms with E-state index in [0.717, 1.165) is 61.4 Å². The maximum absolute atomic E-state index is 6.43. The fraction of sp³-hybridized carbons (Fsp3) is 0. The Morgan fingerprint density at radius 1 is 0.356 bits per heavy atom. The van der Waals surface area contributed by atoms with E-state index >= 15 is 0 Å². The second kappa shape index (κ2) is 13.4. The molecular weight excluding hydrogens is 717 g/mol. The summed E-state index contributed by atoms with van der Waals surface area (Å²) in [5.74, 6) is 0. The van der Waals surface area contributed by atoms with E-state index in [4.69, 9.17) is 4.42 Å². The van der Waals surface area contributed by atoms with Gasteiger partial charge in [-0.15, -0.1) is 0 Å². The first-order chi connectivity index (χ1) is 29.3. The highest BCUT2D eigenvalue weighted by molar-refractivity contribution is 6.15. The lowest BCUT2D eigenvalue weighted by molar-refractivity contribution is 0.669. The van der Waals surface area contributed by atoms with Gasteiger partial charge in [0, 0.05) is 44.2 Å². The maximum Gasteiger partial charge on any atom is 0.136 e. The quantitative estimate of drug-likeness (QED) is 0.158. The molecule has 10 aromatic carbocycles. The van der Waals surface area contributed by atoms with E-state index < -0.39 is 0 Å². The lowest BCUT2D eigenvalue weighted by Crippen LogP contribution is -2.12. The van der Waals surface area contributed by atoms with Gasteiger partial charge in [0.2, 0.25) is 0 Å². The van der Waals surface area contributed by atoms with E-state index in [1.165, 1.54) is 48.9 Å². The van der Waals surface area contributed by atoms with E-state index in [1.54, 1.807) is 0 Å². The molecule has 276 valence electrons. The number of furan rings is 1. The summed E-state index contributed by atoms with van der Waals surface area (Å²) in [6.45, 7) is 0. The Kier molecular flexibility index (Phi) is 7.54. The van der Waals surface area contributed by atoms with Gasteiger partial charge in [-0.05, 0) is 105 Å². The molecule has 0 atom stereocenters. The Balaban J connectivity index is 1.12. The fourth-order valence-corrected chi connectivity index (χ4v) is 9.40. The van der Waals surface area contributed by atoms with Gasteiger partial charge in [-0.25, -0.2) is 0 Å². The van der Waals surface area contributed by atoms with Crippen LogP contribution in [0, 0.1) is 0 Å². The summed E-state index contributed by atoms with van der Waals surface area (Å²) in [4.78, 5) is 2.43. The Morgan fingerprint density at radius 3 is 1.75 bits per heavy atom. The Hall–Kier alpha value is -7.88. The molecule has 0 spiro atoms. The Labute approximate surface area is 341 Å². The summed E-state index contributed by atoms with van der Waals surface area (Å²) in [6.07, 6.45) is 0. The van der Waals surface area contributed by atoms with Gasteiger partial charge in [-0.1, -0.05) is 152 Å². The molecule has 0 bridgehead atoms. The van der Waals surface area contributed by atoms with Gasteiger partial charge < -0.3 is 13.9 Å². The van der Waals surface area contributed by atoms with Crippen molar-refractivity contribution in [2.75, 3.05) is 4.90 Å². The molecule has 0 aliphatic heterocycles. The van der Waals surface area contributed by atoms with Crippen molar-refractivity contribution in [1.82, 2.24) is 4.57 Å². The molecule has 59 heavy (non-hydrogen) atoms. The van der Waals surface area contributed by atoms with Crippen LogP contribution >= 0.6 is 0 Å². The van der Waals surface area contributed by atoms with Crippen LogP contribution in [0.25, 0.3) is 93.2 Å². The topological polar surface area (TPSA) is 21.3 Å².